The molecule has 0 aliphatic rings. The molecule has 0 unspecified atom stereocenters. The minimum absolute atomic E-state index is 0.105. The minimum atomic E-state index is -0.105. The van der Waals surface area contributed by atoms with E-state index in [0.717, 1.165) is 0 Å². The molecule has 12 heavy (non-hydrogen) atoms. The number of rotatable bonds is 3. The quantitative estimate of drug-likeness (QED) is 0.748. The van der Waals surface area contributed by atoms with E-state index in [9.17, 15) is 4.79 Å². The molecule has 0 saturated heterocycles. The van der Waals surface area contributed by atoms with Crippen molar-refractivity contribution < 1.29 is 4.79 Å². The average Bonchev–Trinajstić information content (AvgIpc) is 2.47. The van der Waals surface area contributed by atoms with Crippen LogP contribution in [0.15, 0.2) is 24.1 Å². The number of nitrogens with one attached hydrogen (secondary N) is 1. The van der Waals surface area contributed by atoms with Gasteiger partial charge in [-0.05, 0) is 6.07 Å². The predicted octanol–water partition coefficient (Wildman–Crippen LogP) is 2.32. The molecule has 1 amide bonds. The Morgan fingerprint density at radius 2 is 2.58 bits per heavy atom. The summed E-state index contributed by atoms with van der Waals surface area (Å²) in [6.45, 7) is 3.97. The first-order valence-electron chi connectivity index (χ1n) is 3.37. The summed E-state index contributed by atoms with van der Waals surface area (Å²) in [5.41, 5.74) is 0. The molecule has 0 spiro atoms. The van der Waals surface area contributed by atoms with Crippen molar-refractivity contribution in [3.8, 4) is 0 Å². The second-order valence-corrected chi connectivity index (χ2v) is 3.48. The Morgan fingerprint density at radius 1 is 1.83 bits per heavy atom. The van der Waals surface area contributed by atoms with Gasteiger partial charge in [-0.3, -0.25) is 4.79 Å². The Kier molecular flexibility index (Phi) is 3.31. The highest BCUT2D eigenvalue weighted by Crippen LogP contribution is 2.18. The van der Waals surface area contributed by atoms with E-state index in [1.54, 1.807) is 17.5 Å². The molecule has 0 aliphatic carbocycles. The molecule has 1 aromatic rings. The van der Waals surface area contributed by atoms with Gasteiger partial charge in [0, 0.05) is 11.9 Å². The molecule has 0 radical (unpaired) electrons. The molecule has 2 nitrogen and oxygen atoms in total. The summed E-state index contributed by atoms with van der Waals surface area (Å²) in [6, 6.07) is 1.64. The monoisotopic (exact) mass is 201 g/mol. The van der Waals surface area contributed by atoms with Gasteiger partial charge in [0.05, 0.1) is 9.90 Å². The van der Waals surface area contributed by atoms with E-state index in [1.165, 1.54) is 11.3 Å². The number of thiophene rings is 1. The van der Waals surface area contributed by atoms with Crippen molar-refractivity contribution >= 4 is 28.8 Å². The third-order valence-corrected chi connectivity index (χ3v) is 2.47. The molecular formula is C8H8ClNOS. The SMILES string of the molecule is C=CCNC(=O)c1cc(Cl)cs1. The summed E-state index contributed by atoms with van der Waals surface area (Å²) < 4.78 is 0. The zero-order valence-electron chi connectivity index (χ0n) is 6.34. The van der Waals surface area contributed by atoms with Crippen LogP contribution in [0.1, 0.15) is 9.67 Å². The van der Waals surface area contributed by atoms with Crippen molar-refractivity contribution in [2.24, 2.45) is 0 Å². The van der Waals surface area contributed by atoms with Gasteiger partial charge in [-0.2, -0.15) is 0 Å². The van der Waals surface area contributed by atoms with Gasteiger partial charge in [0.2, 0.25) is 0 Å². The fourth-order valence-electron chi connectivity index (χ4n) is 0.684. The van der Waals surface area contributed by atoms with Crippen LogP contribution in [0.25, 0.3) is 0 Å². The molecular weight excluding hydrogens is 194 g/mol. The summed E-state index contributed by atoms with van der Waals surface area (Å²) in [5, 5.41) is 4.98. The lowest BCUT2D eigenvalue weighted by Crippen LogP contribution is -2.21. The Labute approximate surface area is 79.9 Å². The number of amides is 1. The summed E-state index contributed by atoms with van der Waals surface area (Å²) >= 11 is 6.98. The maximum atomic E-state index is 11.2. The number of hydrogen-bond donors (Lipinski definition) is 1. The largest absolute Gasteiger partial charge is 0.348 e. The van der Waals surface area contributed by atoms with Crippen LogP contribution in [0.5, 0.6) is 0 Å². The molecule has 0 fully saturated rings. The molecule has 0 saturated carbocycles. The first-order valence-corrected chi connectivity index (χ1v) is 4.63. The standard InChI is InChI=1S/C8H8ClNOS/c1-2-3-10-8(11)7-4-6(9)5-12-7/h2,4-5H,1,3H2,(H,10,11). The molecule has 1 heterocycles. The van der Waals surface area contributed by atoms with Crippen LogP contribution in [-0.2, 0) is 0 Å². The van der Waals surface area contributed by atoms with E-state index in [4.69, 9.17) is 11.6 Å². The molecule has 0 aromatic carbocycles. The number of hydrogen-bond acceptors (Lipinski definition) is 2. The van der Waals surface area contributed by atoms with E-state index >= 15 is 0 Å². The van der Waals surface area contributed by atoms with Crippen molar-refractivity contribution in [2.45, 2.75) is 0 Å². The van der Waals surface area contributed by atoms with Crippen molar-refractivity contribution in [1.29, 1.82) is 0 Å². The zero-order valence-corrected chi connectivity index (χ0v) is 7.91. The van der Waals surface area contributed by atoms with Gasteiger partial charge in [0.15, 0.2) is 0 Å². The van der Waals surface area contributed by atoms with Crippen molar-refractivity contribution in [2.75, 3.05) is 6.54 Å². The molecule has 64 valence electrons. The van der Waals surface area contributed by atoms with Crippen LogP contribution < -0.4 is 5.32 Å². The molecule has 0 aliphatic heterocycles. The summed E-state index contributed by atoms with van der Waals surface area (Å²) in [5.74, 6) is -0.105. The van der Waals surface area contributed by atoms with E-state index in [1.807, 2.05) is 0 Å². The molecule has 1 N–H and O–H groups in total. The van der Waals surface area contributed by atoms with Gasteiger partial charge in [0.25, 0.3) is 5.91 Å². The van der Waals surface area contributed by atoms with Crippen molar-refractivity contribution in [3.05, 3.63) is 34.0 Å². The summed E-state index contributed by atoms with van der Waals surface area (Å²) in [6.07, 6.45) is 1.63. The van der Waals surface area contributed by atoms with E-state index < -0.39 is 0 Å². The van der Waals surface area contributed by atoms with Crippen LogP contribution >= 0.6 is 22.9 Å². The number of carbonyl (C=O) groups excluding carboxylic acids is 1. The van der Waals surface area contributed by atoms with Crippen LogP contribution in [0.3, 0.4) is 0 Å². The molecule has 0 bridgehead atoms. The maximum Gasteiger partial charge on any atom is 0.261 e. The smallest absolute Gasteiger partial charge is 0.261 e. The van der Waals surface area contributed by atoms with Gasteiger partial charge >= 0.3 is 0 Å². The fourth-order valence-corrected chi connectivity index (χ4v) is 1.67. The summed E-state index contributed by atoms with van der Waals surface area (Å²) in [4.78, 5) is 11.8. The lowest BCUT2D eigenvalue weighted by Gasteiger charge is -1.96. The molecule has 1 aromatic heterocycles. The summed E-state index contributed by atoms with van der Waals surface area (Å²) in [7, 11) is 0. The second kappa shape index (κ2) is 4.28. The van der Waals surface area contributed by atoms with Gasteiger partial charge in [0.1, 0.15) is 0 Å². The first-order chi connectivity index (χ1) is 5.74. The minimum Gasteiger partial charge on any atom is -0.348 e. The van der Waals surface area contributed by atoms with E-state index in [0.29, 0.717) is 16.4 Å². The van der Waals surface area contributed by atoms with Crippen LogP contribution in [-0.4, -0.2) is 12.5 Å². The topological polar surface area (TPSA) is 29.1 Å². The van der Waals surface area contributed by atoms with E-state index in [2.05, 4.69) is 11.9 Å². The zero-order chi connectivity index (χ0) is 8.97. The highest BCUT2D eigenvalue weighted by atomic mass is 35.5. The Bertz CT molecular complexity index is 295. The van der Waals surface area contributed by atoms with Gasteiger partial charge in [-0.25, -0.2) is 0 Å². The third kappa shape index (κ3) is 2.36. The van der Waals surface area contributed by atoms with Crippen LogP contribution in [0.4, 0.5) is 0 Å². The first kappa shape index (κ1) is 9.29. The molecule has 4 heteroatoms. The van der Waals surface area contributed by atoms with Crippen molar-refractivity contribution in [3.63, 3.8) is 0 Å². The lowest BCUT2D eigenvalue weighted by molar-refractivity contribution is 0.0962. The Morgan fingerprint density at radius 3 is 3.08 bits per heavy atom. The maximum absolute atomic E-state index is 11.2. The van der Waals surface area contributed by atoms with Crippen LogP contribution in [0, 0.1) is 0 Å². The van der Waals surface area contributed by atoms with E-state index in [-0.39, 0.29) is 5.91 Å². The van der Waals surface area contributed by atoms with Crippen molar-refractivity contribution in [1.82, 2.24) is 5.32 Å². The number of carbonyl (C=O) groups is 1. The van der Waals surface area contributed by atoms with Crippen LogP contribution in [0.2, 0.25) is 5.02 Å². The average molecular weight is 202 g/mol. The van der Waals surface area contributed by atoms with Gasteiger partial charge in [-0.15, -0.1) is 17.9 Å². The Hall–Kier alpha value is -0.800. The Balaban J connectivity index is 2.59. The number of halogens is 1. The normalized spacial score (nSPS) is 9.42. The van der Waals surface area contributed by atoms with Gasteiger partial charge < -0.3 is 5.32 Å². The fraction of sp³-hybridized carbons (Fsp3) is 0.125. The highest BCUT2D eigenvalue weighted by molar-refractivity contribution is 7.12. The molecule has 1 rings (SSSR count). The lowest BCUT2D eigenvalue weighted by atomic mass is 10.4. The molecule has 0 atom stereocenters. The predicted molar refractivity (Wildman–Crippen MR) is 51.9 cm³/mol. The second-order valence-electron chi connectivity index (χ2n) is 2.13. The highest BCUT2D eigenvalue weighted by Gasteiger charge is 2.05. The van der Waals surface area contributed by atoms with Gasteiger partial charge in [-0.1, -0.05) is 17.7 Å². The third-order valence-electron chi connectivity index (χ3n) is 1.20.